The van der Waals surface area contributed by atoms with Gasteiger partial charge in [0.05, 0.1) is 0 Å². The molecule has 3 nitrogen and oxygen atoms in total. The molecule has 19 heavy (non-hydrogen) atoms. The van der Waals surface area contributed by atoms with Gasteiger partial charge in [-0.05, 0) is 56.9 Å². The van der Waals surface area contributed by atoms with E-state index in [2.05, 4.69) is 0 Å². The number of phenols is 2. The fourth-order valence-corrected chi connectivity index (χ4v) is 1.70. The van der Waals surface area contributed by atoms with Crippen LogP contribution in [-0.2, 0) is 11.2 Å². The van der Waals surface area contributed by atoms with Crippen molar-refractivity contribution < 1.29 is 15.0 Å². The molecule has 0 heterocycles. The maximum atomic E-state index is 10.4. The fraction of sp³-hybridized carbons (Fsp3) is 0.312. The first-order valence-corrected chi connectivity index (χ1v) is 6.31. The Morgan fingerprint density at radius 1 is 1.21 bits per heavy atom. The maximum absolute atomic E-state index is 10.4. The van der Waals surface area contributed by atoms with Crippen LogP contribution in [0, 0.1) is 0 Å². The summed E-state index contributed by atoms with van der Waals surface area (Å²) >= 11 is 0. The predicted molar refractivity (Wildman–Crippen MR) is 76.3 cm³/mol. The van der Waals surface area contributed by atoms with Gasteiger partial charge in [0.15, 0.2) is 0 Å². The van der Waals surface area contributed by atoms with Crippen molar-refractivity contribution in [2.75, 3.05) is 0 Å². The van der Waals surface area contributed by atoms with Crippen molar-refractivity contribution in [1.29, 1.82) is 0 Å². The summed E-state index contributed by atoms with van der Waals surface area (Å²) in [5.74, 6) is 0.349. The molecule has 0 saturated heterocycles. The topological polar surface area (TPSA) is 57.5 Å². The van der Waals surface area contributed by atoms with Gasteiger partial charge < -0.3 is 10.2 Å². The van der Waals surface area contributed by atoms with Gasteiger partial charge in [-0.3, -0.25) is 4.79 Å². The number of aromatic hydroxyl groups is 2. The SMILES string of the molecule is C/C(C=O)=C\CC/C(C)=C/Cc1cc(O)ccc1O. The van der Waals surface area contributed by atoms with Crippen LogP contribution in [0.3, 0.4) is 0 Å². The van der Waals surface area contributed by atoms with E-state index in [1.165, 1.54) is 17.7 Å². The molecule has 0 aliphatic rings. The summed E-state index contributed by atoms with van der Waals surface area (Å²) in [5, 5.41) is 19.0. The van der Waals surface area contributed by atoms with Crippen molar-refractivity contribution in [3.05, 3.63) is 47.1 Å². The smallest absolute Gasteiger partial charge is 0.145 e. The first-order valence-electron chi connectivity index (χ1n) is 6.31. The zero-order chi connectivity index (χ0) is 14.3. The van der Waals surface area contributed by atoms with Crippen molar-refractivity contribution in [2.24, 2.45) is 0 Å². The van der Waals surface area contributed by atoms with Crippen LogP contribution >= 0.6 is 0 Å². The Morgan fingerprint density at radius 3 is 2.63 bits per heavy atom. The highest BCUT2D eigenvalue weighted by molar-refractivity contribution is 5.71. The monoisotopic (exact) mass is 260 g/mol. The third kappa shape index (κ3) is 5.42. The van der Waals surface area contributed by atoms with Gasteiger partial charge in [0.25, 0.3) is 0 Å². The summed E-state index contributed by atoms with van der Waals surface area (Å²) in [6.07, 6.45) is 7.09. The number of aldehydes is 1. The van der Waals surface area contributed by atoms with E-state index in [9.17, 15) is 15.0 Å². The van der Waals surface area contributed by atoms with Gasteiger partial charge in [0, 0.05) is 5.56 Å². The van der Waals surface area contributed by atoms with E-state index in [4.69, 9.17) is 0 Å². The van der Waals surface area contributed by atoms with Crippen LogP contribution in [0.5, 0.6) is 11.5 Å². The molecule has 0 aromatic heterocycles. The third-order valence-electron chi connectivity index (χ3n) is 2.92. The van der Waals surface area contributed by atoms with Gasteiger partial charge in [-0.2, -0.15) is 0 Å². The summed E-state index contributed by atoms with van der Waals surface area (Å²) < 4.78 is 0. The summed E-state index contributed by atoms with van der Waals surface area (Å²) in [6.45, 7) is 3.81. The van der Waals surface area contributed by atoms with Gasteiger partial charge in [-0.25, -0.2) is 0 Å². The molecule has 2 N–H and O–H groups in total. The van der Waals surface area contributed by atoms with Gasteiger partial charge in [0.2, 0.25) is 0 Å². The molecule has 3 heteroatoms. The molecular weight excluding hydrogens is 240 g/mol. The highest BCUT2D eigenvalue weighted by Crippen LogP contribution is 2.23. The van der Waals surface area contributed by atoms with Crippen molar-refractivity contribution in [3.8, 4) is 11.5 Å². The summed E-state index contributed by atoms with van der Waals surface area (Å²) in [4.78, 5) is 10.4. The van der Waals surface area contributed by atoms with Crippen LogP contribution in [0.4, 0.5) is 0 Å². The van der Waals surface area contributed by atoms with E-state index in [1.54, 1.807) is 13.0 Å². The Labute approximate surface area is 113 Å². The molecule has 1 rings (SSSR count). The first kappa shape index (κ1) is 15.0. The second kappa shape index (κ2) is 7.41. The summed E-state index contributed by atoms with van der Waals surface area (Å²) in [7, 11) is 0. The van der Waals surface area contributed by atoms with Crippen LogP contribution in [0.2, 0.25) is 0 Å². The standard InChI is InChI=1S/C16H20O3/c1-12(4-3-5-13(2)11-17)6-7-14-10-15(18)8-9-16(14)19/h5-6,8-11,18-19H,3-4,7H2,1-2H3/b12-6+,13-5+. The Kier molecular flexibility index (Phi) is 5.86. The normalized spacial score (nSPS) is 12.5. The fourth-order valence-electron chi connectivity index (χ4n) is 1.70. The predicted octanol–water partition coefficient (Wildman–Crippen LogP) is 3.51. The molecular formula is C16H20O3. The largest absolute Gasteiger partial charge is 0.508 e. The van der Waals surface area contributed by atoms with Crippen LogP contribution in [0.15, 0.2) is 41.5 Å². The number of carbonyl (C=O) groups is 1. The maximum Gasteiger partial charge on any atom is 0.145 e. The van der Waals surface area contributed by atoms with Crippen LogP contribution in [0.25, 0.3) is 0 Å². The molecule has 0 fully saturated rings. The van der Waals surface area contributed by atoms with Crippen molar-refractivity contribution in [2.45, 2.75) is 33.1 Å². The molecule has 0 unspecified atom stereocenters. The van der Waals surface area contributed by atoms with E-state index in [-0.39, 0.29) is 11.5 Å². The Morgan fingerprint density at radius 2 is 1.95 bits per heavy atom. The van der Waals surface area contributed by atoms with Crippen molar-refractivity contribution in [1.82, 2.24) is 0 Å². The number of carbonyl (C=O) groups excluding carboxylic acids is 1. The Bertz CT molecular complexity index is 499. The molecule has 102 valence electrons. The van der Waals surface area contributed by atoms with Crippen LogP contribution in [0.1, 0.15) is 32.3 Å². The van der Waals surface area contributed by atoms with E-state index in [0.29, 0.717) is 12.0 Å². The summed E-state index contributed by atoms with van der Waals surface area (Å²) in [6, 6.07) is 4.52. The zero-order valence-electron chi connectivity index (χ0n) is 11.4. The van der Waals surface area contributed by atoms with E-state index >= 15 is 0 Å². The quantitative estimate of drug-likeness (QED) is 0.356. The lowest BCUT2D eigenvalue weighted by atomic mass is 10.1. The third-order valence-corrected chi connectivity index (χ3v) is 2.92. The molecule has 0 radical (unpaired) electrons. The number of rotatable bonds is 6. The number of benzene rings is 1. The van der Waals surface area contributed by atoms with Gasteiger partial charge in [-0.15, -0.1) is 0 Å². The highest BCUT2D eigenvalue weighted by atomic mass is 16.3. The average Bonchev–Trinajstić information content (AvgIpc) is 2.39. The molecule has 0 amide bonds. The second-order valence-electron chi connectivity index (χ2n) is 4.67. The molecule has 0 aliphatic heterocycles. The Hall–Kier alpha value is -2.03. The highest BCUT2D eigenvalue weighted by Gasteiger charge is 2.01. The van der Waals surface area contributed by atoms with Crippen LogP contribution < -0.4 is 0 Å². The lowest BCUT2D eigenvalue weighted by Gasteiger charge is -2.03. The van der Waals surface area contributed by atoms with Gasteiger partial charge >= 0.3 is 0 Å². The lowest BCUT2D eigenvalue weighted by molar-refractivity contribution is -0.104. The number of hydrogen-bond donors (Lipinski definition) is 2. The van der Waals surface area contributed by atoms with E-state index in [1.807, 2.05) is 19.1 Å². The van der Waals surface area contributed by atoms with Crippen molar-refractivity contribution >= 4 is 6.29 Å². The average molecular weight is 260 g/mol. The first-order chi connectivity index (χ1) is 9.02. The van der Waals surface area contributed by atoms with Gasteiger partial charge in [-0.1, -0.05) is 17.7 Å². The molecule has 0 atom stereocenters. The molecule has 0 saturated carbocycles. The van der Waals surface area contributed by atoms with E-state index in [0.717, 1.165) is 24.7 Å². The Balaban J connectivity index is 2.56. The number of hydrogen-bond acceptors (Lipinski definition) is 3. The minimum absolute atomic E-state index is 0.156. The number of allylic oxidation sites excluding steroid dienone is 4. The summed E-state index contributed by atoms with van der Waals surface area (Å²) in [5.41, 5.74) is 2.65. The molecule has 0 aliphatic carbocycles. The van der Waals surface area contributed by atoms with Crippen LogP contribution in [-0.4, -0.2) is 16.5 Å². The van der Waals surface area contributed by atoms with Crippen molar-refractivity contribution in [3.63, 3.8) is 0 Å². The van der Waals surface area contributed by atoms with E-state index < -0.39 is 0 Å². The minimum atomic E-state index is 0.156. The molecule has 0 bridgehead atoms. The zero-order valence-corrected chi connectivity index (χ0v) is 11.4. The molecule has 1 aromatic rings. The second-order valence-corrected chi connectivity index (χ2v) is 4.67. The molecule has 1 aromatic carbocycles. The number of phenolic OH excluding ortho intramolecular Hbond substituents is 2. The lowest BCUT2D eigenvalue weighted by Crippen LogP contribution is -1.85. The molecule has 0 spiro atoms. The van der Waals surface area contributed by atoms with Gasteiger partial charge in [0.1, 0.15) is 17.8 Å². The minimum Gasteiger partial charge on any atom is -0.508 e.